The molecule has 0 aromatic carbocycles. The van der Waals surface area contributed by atoms with Crippen LogP contribution in [0.15, 0.2) is 0 Å². The zero-order chi connectivity index (χ0) is 10.8. The molecular weight excluding hydrogens is 190 g/mol. The van der Waals surface area contributed by atoms with Crippen LogP contribution in [-0.4, -0.2) is 35.4 Å². The van der Waals surface area contributed by atoms with Gasteiger partial charge in [-0.15, -0.1) is 0 Å². The van der Waals surface area contributed by atoms with E-state index in [9.17, 15) is 0 Å². The molecule has 2 rings (SSSR count). The molecule has 1 aliphatic heterocycles. The van der Waals surface area contributed by atoms with Crippen LogP contribution in [0.1, 0.15) is 36.7 Å². The quantitative estimate of drug-likeness (QED) is 0.817. The molecule has 0 saturated carbocycles. The molecule has 0 spiro atoms. The fourth-order valence-corrected chi connectivity index (χ4v) is 2.08. The highest BCUT2D eigenvalue weighted by molar-refractivity contribution is 5.30. The molecule has 1 N–H and O–H groups in total. The normalized spacial score (nSPS) is 16.3. The predicted molar refractivity (Wildman–Crippen MR) is 58.7 cm³/mol. The van der Waals surface area contributed by atoms with Gasteiger partial charge >= 0.3 is 0 Å². The molecule has 84 valence electrons. The molecule has 0 radical (unpaired) electrons. The van der Waals surface area contributed by atoms with E-state index in [2.05, 4.69) is 28.9 Å². The van der Waals surface area contributed by atoms with Crippen LogP contribution in [0.5, 0.6) is 0 Å². The van der Waals surface area contributed by atoms with E-state index in [1.807, 2.05) is 0 Å². The first-order valence-corrected chi connectivity index (χ1v) is 5.49. The molecule has 4 heteroatoms. The van der Waals surface area contributed by atoms with Crippen LogP contribution in [0.25, 0.3) is 0 Å². The lowest BCUT2D eigenvalue weighted by molar-refractivity contribution is 0.147. The summed E-state index contributed by atoms with van der Waals surface area (Å²) >= 11 is 0. The van der Waals surface area contributed by atoms with Gasteiger partial charge in [-0.1, -0.05) is 13.8 Å². The number of H-pyrrole nitrogens is 1. The Bertz CT molecular complexity index is 333. The topological polar surface area (TPSA) is 41.1 Å². The number of methoxy groups -OCH3 is 1. The van der Waals surface area contributed by atoms with E-state index in [0.717, 1.165) is 26.2 Å². The molecular formula is C11H19N3O. The van der Waals surface area contributed by atoms with Crippen LogP contribution in [0.3, 0.4) is 0 Å². The van der Waals surface area contributed by atoms with Gasteiger partial charge in [0.2, 0.25) is 0 Å². The summed E-state index contributed by atoms with van der Waals surface area (Å²) in [5.41, 5.74) is 3.92. The first-order valence-electron chi connectivity index (χ1n) is 5.49. The Morgan fingerprint density at radius 3 is 2.93 bits per heavy atom. The summed E-state index contributed by atoms with van der Waals surface area (Å²) in [5.74, 6) is 0.507. The number of aromatic nitrogens is 2. The van der Waals surface area contributed by atoms with Crippen molar-refractivity contribution < 1.29 is 4.74 Å². The molecule has 4 nitrogen and oxygen atoms in total. The number of nitrogens with one attached hydrogen (secondary N) is 1. The largest absolute Gasteiger partial charge is 0.383 e. The van der Waals surface area contributed by atoms with Gasteiger partial charge in [-0.25, -0.2) is 0 Å². The third-order valence-corrected chi connectivity index (χ3v) is 2.91. The molecule has 0 atom stereocenters. The Morgan fingerprint density at radius 1 is 1.47 bits per heavy atom. The molecule has 0 aliphatic carbocycles. The van der Waals surface area contributed by atoms with Crippen molar-refractivity contribution in [1.82, 2.24) is 15.1 Å². The number of nitrogens with zero attached hydrogens (tertiary/aromatic N) is 2. The predicted octanol–water partition coefficient (Wildman–Crippen LogP) is 1.50. The summed E-state index contributed by atoms with van der Waals surface area (Å²) in [4.78, 5) is 2.39. The summed E-state index contributed by atoms with van der Waals surface area (Å²) in [7, 11) is 1.75. The number of fused-ring (bicyclic) bond motifs is 1. The van der Waals surface area contributed by atoms with Crippen molar-refractivity contribution in [2.75, 3.05) is 20.3 Å². The maximum Gasteiger partial charge on any atom is 0.0695 e. The maximum absolute atomic E-state index is 5.09. The highest BCUT2D eigenvalue weighted by Crippen LogP contribution is 2.27. The van der Waals surface area contributed by atoms with E-state index in [4.69, 9.17) is 4.74 Å². The summed E-state index contributed by atoms with van der Waals surface area (Å²) in [6, 6.07) is 0. The first-order chi connectivity index (χ1) is 7.22. The van der Waals surface area contributed by atoms with Gasteiger partial charge in [0.1, 0.15) is 0 Å². The first kappa shape index (κ1) is 10.6. The Balaban J connectivity index is 2.04. The molecule has 15 heavy (non-hydrogen) atoms. The summed E-state index contributed by atoms with van der Waals surface area (Å²) in [5, 5.41) is 7.51. The molecule has 1 aliphatic rings. The highest BCUT2D eigenvalue weighted by Gasteiger charge is 2.25. The lowest BCUT2D eigenvalue weighted by atomic mass is 10.1. The average Bonchev–Trinajstić information content (AvgIpc) is 2.72. The number of aromatic amines is 1. The Morgan fingerprint density at radius 2 is 2.27 bits per heavy atom. The van der Waals surface area contributed by atoms with Crippen molar-refractivity contribution in [3.63, 3.8) is 0 Å². The Kier molecular flexibility index (Phi) is 3.07. The SMILES string of the molecule is COCCN1Cc2[nH]nc(C(C)C)c2C1. The Hall–Kier alpha value is -0.870. The maximum atomic E-state index is 5.09. The van der Waals surface area contributed by atoms with Crippen LogP contribution >= 0.6 is 0 Å². The molecule has 0 saturated heterocycles. The zero-order valence-electron chi connectivity index (χ0n) is 9.71. The minimum atomic E-state index is 0.507. The average molecular weight is 209 g/mol. The monoisotopic (exact) mass is 209 g/mol. The van der Waals surface area contributed by atoms with Crippen LogP contribution in [-0.2, 0) is 17.8 Å². The standard InChI is InChI=1S/C11H19N3O/c1-8(2)11-9-6-14(4-5-15-3)7-10(9)12-13-11/h8H,4-7H2,1-3H3,(H,12,13). The molecule has 2 heterocycles. The van der Waals surface area contributed by atoms with Gasteiger partial charge in [0.15, 0.2) is 0 Å². The third kappa shape index (κ3) is 2.06. The smallest absolute Gasteiger partial charge is 0.0695 e. The van der Waals surface area contributed by atoms with E-state index in [1.165, 1.54) is 17.0 Å². The third-order valence-electron chi connectivity index (χ3n) is 2.91. The van der Waals surface area contributed by atoms with E-state index < -0.39 is 0 Å². The van der Waals surface area contributed by atoms with E-state index in [-0.39, 0.29) is 0 Å². The van der Waals surface area contributed by atoms with Crippen LogP contribution in [0, 0.1) is 0 Å². The van der Waals surface area contributed by atoms with Gasteiger partial charge in [0.05, 0.1) is 18.0 Å². The molecule has 1 aromatic heterocycles. The van der Waals surface area contributed by atoms with Crippen molar-refractivity contribution in [2.45, 2.75) is 32.9 Å². The highest BCUT2D eigenvalue weighted by atomic mass is 16.5. The lowest BCUT2D eigenvalue weighted by Crippen LogP contribution is -2.21. The lowest BCUT2D eigenvalue weighted by Gasteiger charge is -2.14. The van der Waals surface area contributed by atoms with Gasteiger partial charge in [-0.05, 0) is 5.92 Å². The van der Waals surface area contributed by atoms with Crippen LogP contribution in [0.4, 0.5) is 0 Å². The summed E-state index contributed by atoms with van der Waals surface area (Å²) in [6.07, 6.45) is 0. The molecule has 0 amide bonds. The number of ether oxygens (including phenoxy) is 1. The molecule has 0 unspecified atom stereocenters. The van der Waals surface area contributed by atoms with Crippen molar-refractivity contribution >= 4 is 0 Å². The van der Waals surface area contributed by atoms with Crippen molar-refractivity contribution in [3.8, 4) is 0 Å². The van der Waals surface area contributed by atoms with Gasteiger partial charge in [0.25, 0.3) is 0 Å². The number of rotatable bonds is 4. The van der Waals surface area contributed by atoms with Crippen LogP contribution in [0.2, 0.25) is 0 Å². The molecule has 0 bridgehead atoms. The van der Waals surface area contributed by atoms with E-state index in [0.29, 0.717) is 5.92 Å². The van der Waals surface area contributed by atoms with Crippen molar-refractivity contribution in [3.05, 3.63) is 17.0 Å². The second-order valence-corrected chi connectivity index (χ2v) is 4.42. The summed E-state index contributed by atoms with van der Waals surface area (Å²) < 4.78 is 5.09. The van der Waals surface area contributed by atoms with Gasteiger partial charge in [-0.3, -0.25) is 10.00 Å². The van der Waals surface area contributed by atoms with E-state index in [1.54, 1.807) is 7.11 Å². The number of hydrogen-bond acceptors (Lipinski definition) is 3. The van der Waals surface area contributed by atoms with Gasteiger partial charge < -0.3 is 4.74 Å². The minimum absolute atomic E-state index is 0.507. The van der Waals surface area contributed by atoms with E-state index >= 15 is 0 Å². The Labute approximate surface area is 90.6 Å². The second kappa shape index (κ2) is 4.33. The fraction of sp³-hybridized carbons (Fsp3) is 0.727. The number of hydrogen-bond donors (Lipinski definition) is 1. The van der Waals surface area contributed by atoms with Crippen molar-refractivity contribution in [2.24, 2.45) is 0 Å². The fourth-order valence-electron chi connectivity index (χ4n) is 2.08. The van der Waals surface area contributed by atoms with Crippen LogP contribution < -0.4 is 0 Å². The molecule has 1 aromatic rings. The van der Waals surface area contributed by atoms with Gasteiger partial charge in [0, 0.05) is 32.3 Å². The van der Waals surface area contributed by atoms with Gasteiger partial charge in [-0.2, -0.15) is 5.10 Å². The summed E-state index contributed by atoms with van der Waals surface area (Å²) in [6.45, 7) is 8.18. The zero-order valence-corrected chi connectivity index (χ0v) is 9.71. The second-order valence-electron chi connectivity index (χ2n) is 4.42. The minimum Gasteiger partial charge on any atom is -0.383 e. The van der Waals surface area contributed by atoms with Crippen molar-refractivity contribution in [1.29, 1.82) is 0 Å². The molecule has 0 fully saturated rings.